The second-order valence-corrected chi connectivity index (χ2v) is 2.73. The molecule has 0 unspecified atom stereocenters. The first-order valence-corrected chi connectivity index (χ1v) is 3.71. The third-order valence-electron chi connectivity index (χ3n) is 1.99. The van der Waals surface area contributed by atoms with Gasteiger partial charge in [-0.1, -0.05) is 23.4 Å². The summed E-state index contributed by atoms with van der Waals surface area (Å²) in [6, 6.07) is 5.70. The van der Waals surface area contributed by atoms with Gasteiger partial charge in [0.25, 0.3) is 0 Å². The van der Waals surface area contributed by atoms with Crippen molar-refractivity contribution in [2.45, 2.75) is 13.8 Å². The summed E-state index contributed by atoms with van der Waals surface area (Å²) in [7, 11) is 0. The van der Waals surface area contributed by atoms with Crippen LogP contribution >= 0.6 is 0 Å². The molecule has 3 nitrogen and oxygen atoms in total. The van der Waals surface area contributed by atoms with Gasteiger partial charge in [-0.3, -0.25) is 0 Å². The van der Waals surface area contributed by atoms with Crippen molar-refractivity contribution < 1.29 is 5.21 Å². The Labute approximate surface area is 71.5 Å². The van der Waals surface area contributed by atoms with E-state index in [1.54, 1.807) is 0 Å². The van der Waals surface area contributed by atoms with Gasteiger partial charge in [-0.2, -0.15) is 0 Å². The van der Waals surface area contributed by atoms with Crippen molar-refractivity contribution >= 4 is 5.84 Å². The zero-order chi connectivity index (χ0) is 9.14. The van der Waals surface area contributed by atoms with E-state index in [-0.39, 0.29) is 5.84 Å². The predicted molar refractivity (Wildman–Crippen MR) is 48.4 cm³/mol. The Bertz CT molecular complexity index is 318. The van der Waals surface area contributed by atoms with E-state index in [0.717, 1.165) is 16.7 Å². The number of oxime groups is 1. The Morgan fingerprint density at radius 2 is 2.08 bits per heavy atom. The molecule has 1 rings (SSSR count). The Kier molecular flexibility index (Phi) is 2.33. The summed E-state index contributed by atoms with van der Waals surface area (Å²) in [5, 5.41) is 11.4. The summed E-state index contributed by atoms with van der Waals surface area (Å²) in [6.45, 7) is 3.94. The van der Waals surface area contributed by atoms with Crippen LogP contribution in [0.25, 0.3) is 0 Å². The van der Waals surface area contributed by atoms with Crippen LogP contribution in [0.4, 0.5) is 0 Å². The van der Waals surface area contributed by atoms with E-state index in [1.165, 1.54) is 0 Å². The largest absolute Gasteiger partial charge is 0.409 e. The van der Waals surface area contributed by atoms with Gasteiger partial charge in [-0.05, 0) is 25.0 Å². The minimum absolute atomic E-state index is 0.163. The molecular weight excluding hydrogens is 152 g/mol. The fourth-order valence-corrected chi connectivity index (χ4v) is 1.08. The maximum Gasteiger partial charge on any atom is 0.170 e. The molecule has 64 valence electrons. The molecule has 12 heavy (non-hydrogen) atoms. The van der Waals surface area contributed by atoms with Gasteiger partial charge in [0, 0.05) is 5.56 Å². The van der Waals surface area contributed by atoms with Crippen LogP contribution in [0.15, 0.2) is 23.4 Å². The number of hydrogen-bond donors (Lipinski definition) is 2. The number of rotatable bonds is 1. The first-order valence-electron chi connectivity index (χ1n) is 3.71. The molecule has 0 fully saturated rings. The summed E-state index contributed by atoms with van der Waals surface area (Å²) in [5.74, 6) is 0.163. The maximum absolute atomic E-state index is 8.47. The second-order valence-electron chi connectivity index (χ2n) is 2.73. The summed E-state index contributed by atoms with van der Waals surface area (Å²) in [6.07, 6.45) is 0. The highest BCUT2D eigenvalue weighted by Gasteiger charge is 2.03. The van der Waals surface area contributed by atoms with Crippen LogP contribution in [0.3, 0.4) is 0 Å². The van der Waals surface area contributed by atoms with Crippen LogP contribution in [-0.2, 0) is 0 Å². The number of amidine groups is 1. The molecule has 0 amide bonds. The summed E-state index contributed by atoms with van der Waals surface area (Å²) < 4.78 is 0. The first kappa shape index (κ1) is 8.59. The molecule has 0 atom stereocenters. The third kappa shape index (κ3) is 1.39. The van der Waals surface area contributed by atoms with E-state index in [1.807, 2.05) is 32.0 Å². The van der Waals surface area contributed by atoms with Crippen molar-refractivity contribution in [1.82, 2.24) is 0 Å². The van der Waals surface area contributed by atoms with Gasteiger partial charge in [0.1, 0.15) is 0 Å². The third-order valence-corrected chi connectivity index (χ3v) is 1.99. The highest BCUT2D eigenvalue weighted by atomic mass is 16.4. The number of nitrogens with two attached hydrogens (primary N) is 1. The lowest BCUT2D eigenvalue weighted by molar-refractivity contribution is 0.318. The molecule has 0 saturated heterocycles. The monoisotopic (exact) mass is 164 g/mol. The summed E-state index contributed by atoms with van der Waals surface area (Å²) in [4.78, 5) is 0. The molecule has 0 aromatic heterocycles. The molecule has 0 bridgehead atoms. The van der Waals surface area contributed by atoms with Gasteiger partial charge in [0.05, 0.1) is 0 Å². The van der Waals surface area contributed by atoms with E-state index in [0.29, 0.717) is 0 Å². The molecule has 0 aliphatic carbocycles. The van der Waals surface area contributed by atoms with E-state index in [9.17, 15) is 0 Å². The van der Waals surface area contributed by atoms with Gasteiger partial charge >= 0.3 is 0 Å². The number of nitrogens with zero attached hydrogens (tertiary/aromatic N) is 1. The van der Waals surface area contributed by atoms with Crippen molar-refractivity contribution in [3.8, 4) is 0 Å². The van der Waals surface area contributed by atoms with Crippen LogP contribution in [-0.4, -0.2) is 11.0 Å². The molecule has 0 radical (unpaired) electrons. The normalized spacial score (nSPS) is 11.7. The summed E-state index contributed by atoms with van der Waals surface area (Å²) >= 11 is 0. The molecule has 0 heterocycles. The molecule has 0 spiro atoms. The van der Waals surface area contributed by atoms with Crippen LogP contribution in [0, 0.1) is 13.8 Å². The minimum Gasteiger partial charge on any atom is -0.409 e. The smallest absolute Gasteiger partial charge is 0.170 e. The van der Waals surface area contributed by atoms with Gasteiger partial charge in [0.15, 0.2) is 5.84 Å². The molecule has 0 aliphatic rings. The molecule has 1 aromatic carbocycles. The lowest BCUT2D eigenvalue weighted by atomic mass is 10.0. The lowest BCUT2D eigenvalue weighted by Crippen LogP contribution is -2.14. The van der Waals surface area contributed by atoms with Crippen LogP contribution in [0.2, 0.25) is 0 Å². The average Bonchev–Trinajstić information content (AvgIpc) is 2.08. The van der Waals surface area contributed by atoms with Crippen molar-refractivity contribution in [3.63, 3.8) is 0 Å². The number of hydrogen-bond acceptors (Lipinski definition) is 2. The molecule has 0 aliphatic heterocycles. The van der Waals surface area contributed by atoms with E-state index in [2.05, 4.69) is 5.16 Å². The zero-order valence-corrected chi connectivity index (χ0v) is 7.20. The van der Waals surface area contributed by atoms with Gasteiger partial charge in [-0.15, -0.1) is 0 Å². The Balaban J connectivity index is 3.26. The van der Waals surface area contributed by atoms with Crippen LogP contribution in [0.1, 0.15) is 16.7 Å². The molecule has 3 heteroatoms. The van der Waals surface area contributed by atoms with E-state index in [4.69, 9.17) is 10.9 Å². The molecular formula is C9H12N2O. The van der Waals surface area contributed by atoms with Crippen molar-refractivity contribution in [3.05, 3.63) is 34.9 Å². The maximum atomic E-state index is 8.47. The standard InChI is InChI=1S/C9H12N2O/c1-6-4-3-5-8(7(6)2)9(10)11-12/h3-5,12H,1-2H3,(H2,10,11). The Morgan fingerprint density at radius 1 is 1.42 bits per heavy atom. The van der Waals surface area contributed by atoms with Gasteiger partial charge in [-0.25, -0.2) is 0 Å². The SMILES string of the molecule is Cc1cccc(/C(N)=N\O)c1C. The zero-order valence-electron chi connectivity index (χ0n) is 7.20. The van der Waals surface area contributed by atoms with Crippen molar-refractivity contribution in [2.75, 3.05) is 0 Å². The quantitative estimate of drug-likeness (QED) is 0.285. The topological polar surface area (TPSA) is 58.6 Å². The number of aryl methyl sites for hydroxylation is 1. The fraction of sp³-hybridized carbons (Fsp3) is 0.222. The van der Waals surface area contributed by atoms with Crippen LogP contribution < -0.4 is 5.73 Å². The first-order chi connectivity index (χ1) is 5.66. The highest BCUT2D eigenvalue weighted by Crippen LogP contribution is 2.11. The van der Waals surface area contributed by atoms with Crippen molar-refractivity contribution in [1.29, 1.82) is 0 Å². The van der Waals surface area contributed by atoms with E-state index < -0.39 is 0 Å². The fourth-order valence-electron chi connectivity index (χ4n) is 1.08. The Hall–Kier alpha value is -1.51. The highest BCUT2D eigenvalue weighted by molar-refractivity contribution is 5.98. The summed E-state index contributed by atoms with van der Waals surface area (Å²) in [5.41, 5.74) is 8.44. The predicted octanol–water partition coefficient (Wildman–Crippen LogP) is 1.40. The van der Waals surface area contributed by atoms with Crippen LogP contribution in [0.5, 0.6) is 0 Å². The van der Waals surface area contributed by atoms with E-state index >= 15 is 0 Å². The van der Waals surface area contributed by atoms with Gasteiger partial charge < -0.3 is 10.9 Å². The lowest BCUT2D eigenvalue weighted by Gasteiger charge is -2.05. The van der Waals surface area contributed by atoms with Crippen molar-refractivity contribution in [2.24, 2.45) is 10.9 Å². The molecule has 1 aromatic rings. The average molecular weight is 164 g/mol. The Morgan fingerprint density at radius 3 is 2.67 bits per heavy atom. The van der Waals surface area contributed by atoms with Gasteiger partial charge in [0.2, 0.25) is 0 Å². The second kappa shape index (κ2) is 3.26. The molecule has 0 saturated carbocycles. The molecule has 3 N–H and O–H groups in total. The minimum atomic E-state index is 0.163. The number of benzene rings is 1.